The first-order valence-corrected chi connectivity index (χ1v) is 9.06. The first kappa shape index (κ1) is 18.6. The van der Waals surface area contributed by atoms with Gasteiger partial charge in [-0.25, -0.2) is 0 Å². The maximum absolute atomic E-state index is 12.3. The molecule has 3 rings (SSSR count). The number of likely N-dealkylation sites (tertiary alicyclic amines) is 1. The summed E-state index contributed by atoms with van der Waals surface area (Å²) in [7, 11) is 0. The zero-order valence-electron chi connectivity index (χ0n) is 15.1. The highest BCUT2D eigenvalue weighted by Gasteiger charge is 2.34. The van der Waals surface area contributed by atoms with Gasteiger partial charge >= 0.3 is 0 Å². The Balaban J connectivity index is 1.41. The van der Waals surface area contributed by atoms with Crippen LogP contribution in [-0.2, 0) is 27.3 Å². The van der Waals surface area contributed by atoms with Gasteiger partial charge in [0.05, 0.1) is 5.92 Å². The molecule has 140 valence electrons. The zero-order valence-corrected chi connectivity index (χ0v) is 15.1. The van der Waals surface area contributed by atoms with Crippen LogP contribution in [0.2, 0.25) is 0 Å². The molecule has 0 spiro atoms. The van der Waals surface area contributed by atoms with Gasteiger partial charge in [-0.05, 0) is 17.5 Å². The number of rotatable bonds is 6. The molecule has 2 N–H and O–H groups in total. The first-order chi connectivity index (χ1) is 13.1. The quantitative estimate of drug-likeness (QED) is 0.767. The van der Waals surface area contributed by atoms with Crippen LogP contribution in [-0.4, -0.2) is 29.2 Å². The second kappa shape index (κ2) is 8.98. The van der Waals surface area contributed by atoms with E-state index in [-0.39, 0.29) is 30.6 Å². The van der Waals surface area contributed by atoms with E-state index in [1.54, 1.807) is 4.90 Å². The monoisotopic (exact) mass is 365 g/mol. The molecule has 2 aromatic carbocycles. The molecule has 0 radical (unpaired) electrons. The molecular formula is C21H23N3O3. The lowest BCUT2D eigenvalue weighted by Crippen LogP contribution is -2.45. The van der Waals surface area contributed by atoms with E-state index < -0.39 is 5.92 Å². The Morgan fingerprint density at radius 3 is 2.22 bits per heavy atom. The van der Waals surface area contributed by atoms with Gasteiger partial charge in [-0.2, -0.15) is 0 Å². The summed E-state index contributed by atoms with van der Waals surface area (Å²) in [5.74, 6) is -1.07. The van der Waals surface area contributed by atoms with Crippen LogP contribution in [0, 0.1) is 5.92 Å². The van der Waals surface area contributed by atoms with Gasteiger partial charge < -0.3 is 4.90 Å². The van der Waals surface area contributed by atoms with Gasteiger partial charge in [0.15, 0.2) is 0 Å². The van der Waals surface area contributed by atoms with E-state index in [1.165, 1.54) is 0 Å². The van der Waals surface area contributed by atoms with Crippen molar-refractivity contribution in [2.24, 2.45) is 5.92 Å². The largest absolute Gasteiger partial charge is 0.338 e. The van der Waals surface area contributed by atoms with Crippen molar-refractivity contribution in [1.29, 1.82) is 0 Å². The van der Waals surface area contributed by atoms with Gasteiger partial charge in [0.1, 0.15) is 0 Å². The molecule has 1 heterocycles. The summed E-state index contributed by atoms with van der Waals surface area (Å²) in [5.41, 5.74) is 6.98. The Morgan fingerprint density at radius 1 is 0.926 bits per heavy atom. The lowest BCUT2D eigenvalue weighted by Gasteiger charge is -2.16. The summed E-state index contributed by atoms with van der Waals surface area (Å²) in [6, 6.07) is 19.4. The molecule has 1 aliphatic rings. The van der Waals surface area contributed by atoms with Gasteiger partial charge in [0.2, 0.25) is 17.7 Å². The van der Waals surface area contributed by atoms with Crippen LogP contribution < -0.4 is 10.9 Å². The van der Waals surface area contributed by atoms with Crippen LogP contribution in [0.4, 0.5) is 0 Å². The van der Waals surface area contributed by atoms with E-state index in [1.807, 2.05) is 60.7 Å². The summed E-state index contributed by atoms with van der Waals surface area (Å²) in [6.07, 6.45) is 1.06. The zero-order chi connectivity index (χ0) is 19.1. The number of hydrogen-bond donors (Lipinski definition) is 2. The van der Waals surface area contributed by atoms with Crippen LogP contribution in [0.3, 0.4) is 0 Å². The van der Waals surface area contributed by atoms with E-state index in [0.717, 1.165) is 11.1 Å². The summed E-state index contributed by atoms with van der Waals surface area (Å²) < 4.78 is 0. The minimum atomic E-state index is -0.448. The number of carbonyl (C=O) groups excluding carboxylic acids is 3. The summed E-state index contributed by atoms with van der Waals surface area (Å²) in [4.78, 5) is 38.0. The fraction of sp³-hybridized carbons (Fsp3) is 0.286. The van der Waals surface area contributed by atoms with E-state index >= 15 is 0 Å². The molecule has 1 fully saturated rings. The average Bonchev–Trinajstić information content (AvgIpc) is 3.06. The van der Waals surface area contributed by atoms with Gasteiger partial charge in [0, 0.05) is 25.9 Å². The van der Waals surface area contributed by atoms with Crippen molar-refractivity contribution in [1.82, 2.24) is 15.8 Å². The third-order valence-corrected chi connectivity index (χ3v) is 4.61. The molecule has 27 heavy (non-hydrogen) atoms. The number of benzene rings is 2. The van der Waals surface area contributed by atoms with Crippen molar-refractivity contribution in [2.75, 3.05) is 6.54 Å². The summed E-state index contributed by atoms with van der Waals surface area (Å²) >= 11 is 0. The molecule has 3 amide bonds. The molecule has 1 saturated heterocycles. The van der Waals surface area contributed by atoms with Gasteiger partial charge in [-0.3, -0.25) is 25.2 Å². The highest BCUT2D eigenvalue weighted by atomic mass is 16.2. The molecule has 1 aliphatic heterocycles. The molecule has 0 aliphatic carbocycles. The third-order valence-electron chi connectivity index (χ3n) is 4.61. The van der Waals surface area contributed by atoms with Crippen LogP contribution in [0.5, 0.6) is 0 Å². The average molecular weight is 365 g/mol. The fourth-order valence-electron chi connectivity index (χ4n) is 3.10. The Labute approximate surface area is 158 Å². The first-order valence-electron chi connectivity index (χ1n) is 9.06. The predicted molar refractivity (Wildman–Crippen MR) is 101 cm³/mol. The molecule has 1 unspecified atom stereocenters. The number of hydrogen-bond acceptors (Lipinski definition) is 3. The van der Waals surface area contributed by atoms with Crippen molar-refractivity contribution < 1.29 is 14.4 Å². The SMILES string of the molecule is O=C(CCc1ccccc1)NNC(=O)C1CC(=O)N(Cc2ccccc2)C1. The van der Waals surface area contributed by atoms with Crippen LogP contribution >= 0.6 is 0 Å². The Hall–Kier alpha value is -3.15. The molecule has 1 atom stereocenters. The molecular weight excluding hydrogens is 342 g/mol. The molecule has 0 aromatic heterocycles. The number of hydrazine groups is 1. The number of nitrogens with zero attached hydrogens (tertiary/aromatic N) is 1. The minimum absolute atomic E-state index is 0.0468. The van der Waals surface area contributed by atoms with E-state index in [0.29, 0.717) is 19.5 Å². The highest BCUT2D eigenvalue weighted by molar-refractivity contribution is 5.90. The van der Waals surface area contributed by atoms with Crippen LogP contribution in [0.15, 0.2) is 60.7 Å². The standard InChI is InChI=1S/C21H23N3O3/c25-19(12-11-16-7-3-1-4-8-16)22-23-21(27)18-13-20(26)24(15-18)14-17-9-5-2-6-10-17/h1-10,18H,11-15H2,(H,22,25)(H,23,27). The van der Waals surface area contributed by atoms with Crippen molar-refractivity contribution in [3.05, 3.63) is 71.8 Å². The van der Waals surface area contributed by atoms with Crippen LogP contribution in [0.25, 0.3) is 0 Å². The highest BCUT2D eigenvalue weighted by Crippen LogP contribution is 2.20. The number of nitrogens with one attached hydrogen (secondary N) is 2. The van der Waals surface area contributed by atoms with Crippen molar-refractivity contribution in [3.63, 3.8) is 0 Å². The van der Waals surface area contributed by atoms with Gasteiger partial charge in [0.25, 0.3) is 0 Å². The predicted octanol–water partition coefficient (Wildman–Crippen LogP) is 1.82. The lowest BCUT2D eigenvalue weighted by atomic mass is 10.1. The summed E-state index contributed by atoms with van der Waals surface area (Å²) in [6.45, 7) is 0.854. The van der Waals surface area contributed by atoms with Crippen molar-refractivity contribution in [3.8, 4) is 0 Å². The van der Waals surface area contributed by atoms with Crippen LogP contribution in [0.1, 0.15) is 24.0 Å². The molecule has 0 saturated carbocycles. The van der Waals surface area contributed by atoms with Crippen molar-refractivity contribution >= 4 is 17.7 Å². The second-order valence-electron chi connectivity index (χ2n) is 6.68. The lowest BCUT2D eigenvalue weighted by molar-refractivity contribution is -0.131. The maximum atomic E-state index is 12.3. The molecule has 2 aromatic rings. The fourth-order valence-corrected chi connectivity index (χ4v) is 3.10. The van der Waals surface area contributed by atoms with Gasteiger partial charge in [-0.15, -0.1) is 0 Å². The molecule has 0 bridgehead atoms. The Bertz CT molecular complexity index is 793. The Kier molecular flexibility index (Phi) is 6.20. The van der Waals surface area contributed by atoms with E-state index in [4.69, 9.17) is 0 Å². The van der Waals surface area contributed by atoms with E-state index in [2.05, 4.69) is 10.9 Å². The maximum Gasteiger partial charge on any atom is 0.243 e. The minimum Gasteiger partial charge on any atom is -0.338 e. The molecule has 6 heteroatoms. The number of aryl methyl sites for hydroxylation is 1. The number of carbonyl (C=O) groups is 3. The normalized spacial score (nSPS) is 16.2. The topological polar surface area (TPSA) is 78.5 Å². The Morgan fingerprint density at radius 2 is 1.56 bits per heavy atom. The second-order valence-corrected chi connectivity index (χ2v) is 6.68. The van der Waals surface area contributed by atoms with E-state index in [9.17, 15) is 14.4 Å². The number of amides is 3. The van der Waals surface area contributed by atoms with Crippen molar-refractivity contribution in [2.45, 2.75) is 25.8 Å². The van der Waals surface area contributed by atoms with Gasteiger partial charge in [-0.1, -0.05) is 60.7 Å². The smallest absolute Gasteiger partial charge is 0.243 e. The summed E-state index contributed by atoms with van der Waals surface area (Å²) in [5, 5.41) is 0. The molecule has 6 nitrogen and oxygen atoms in total. The third kappa shape index (κ3) is 5.41.